The van der Waals surface area contributed by atoms with E-state index in [-0.39, 0.29) is 11.9 Å². The van der Waals surface area contributed by atoms with Crippen LogP contribution < -0.4 is 0 Å². The van der Waals surface area contributed by atoms with Crippen LogP contribution in [0, 0.1) is 5.82 Å². The van der Waals surface area contributed by atoms with Crippen LogP contribution in [0.25, 0.3) is 0 Å². The lowest BCUT2D eigenvalue weighted by atomic mass is 10.0. The molecule has 0 aliphatic heterocycles. The highest BCUT2D eigenvalue weighted by Gasteiger charge is 2.23. The summed E-state index contributed by atoms with van der Waals surface area (Å²) in [6, 6.07) is 3.78. The van der Waals surface area contributed by atoms with E-state index in [1.807, 2.05) is 0 Å². The van der Waals surface area contributed by atoms with Crippen LogP contribution in [0.1, 0.15) is 11.7 Å². The Morgan fingerprint density at radius 2 is 1.88 bits per heavy atom. The van der Waals surface area contributed by atoms with Gasteiger partial charge in [0.1, 0.15) is 23.8 Å². The van der Waals surface area contributed by atoms with Gasteiger partial charge in [0, 0.05) is 27.4 Å². The number of halogens is 1. The first-order valence-corrected chi connectivity index (χ1v) is 5.16. The number of ether oxygens (including phenoxy) is 3. The second kappa shape index (κ2) is 6.54. The molecule has 2 unspecified atom stereocenters. The highest BCUT2D eigenvalue weighted by atomic mass is 19.1. The number of hydrogen-bond acceptors (Lipinski definition) is 4. The summed E-state index contributed by atoms with van der Waals surface area (Å²) in [7, 11) is 4.56. The fourth-order valence-corrected chi connectivity index (χ4v) is 1.71. The monoisotopic (exact) mass is 244 g/mol. The van der Waals surface area contributed by atoms with Crippen LogP contribution in [0.2, 0.25) is 0 Å². The molecule has 0 bridgehead atoms. The SMILES string of the molecule is COCC(OC)C(OC)c1cc(O)cc(F)c1. The van der Waals surface area contributed by atoms with Gasteiger partial charge in [-0.15, -0.1) is 0 Å². The van der Waals surface area contributed by atoms with Crippen LogP contribution in [-0.4, -0.2) is 39.1 Å². The smallest absolute Gasteiger partial charge is 0.127 e. The molecule has 1 aromatic carbocycles. The summed E-state index contributed by atoms with van der Waals surface area (Å²) in [5, 5.41) is 9.36. The Labute approximate surface area is 99.9 Å². The van der Waals surface area contributed by atoms with Crippen molar-refractivity contribution >= 4 is 0 Å². The van der Waals surface area contributed by atoms with Gasteiger partial charge in [0.25, 0.3) is 0 Å². The van der Waals surface area contributed by atoms with Gasteiger partial charge in [-0.05, 0) is 17.7 Å². The summed E-state index contributed by atoms with van der Waals surface area (Å²) in [4.78, 5) is 0. The lowest BCUT2D eigenvalue weighted by Gasteiger charge is -2.24. The largest absolute Gasteiger partial charge is 0.508 e. The summed E-state index contributed by atoms with van der Waals surface area (Å²) < 4.78 is 28.7. The second-order valence-electron chi connectivity index (χ2n) is 3.63. The Morgan fingerprint density at radius 3 is 2.35 bits per heavy atom. The van der Waals surface area contributed by atoms with E-state index in [1.165, 1.54) is 26.4 Å². The molecule has 4 nitrogen and oxygen atoms in total. The van der Waals surface area contributed by atoms with Crippen LogP contribution in [0.3, 0.4) is 0 Å². The average Bonchev–Trinajstić information content (AvgIpc) is 2.27. The molecule has 0 saturated heterocycles. The highest BCUT2D eigenvalue weighted by molar-refractivity contribution is 5.30. The third kappa shape index (κ3) is 3.66. The van der Waals surface area contributed by atoms with E-state index in [0.29, 0.717) is 12.2 Å². The molecule has 0 heterocycles. The minimum Gasteiger partial charge on any atom is -0.508 e. The quantitative estimate of drug-likeness (QED) is 0.830. The zero-order chi connectivity index (χ0) is 12.8. The maximum atomic E-state index is 13.2. The molecule has 2 atom stereocenters. The van der Waals surface area contributed by atoms with Crippen LogP contribution in [0.4, 0.5) is 4.39 Å². The lowest BCUT2D eigenvalue weighted by molar-refractivity contribution is -0.0697. The van der Waals surface area contributed by atoms with Gasteiger partial charge in [-0.1, -0.05) is 0 Å². The van der Waals surface area contributed by atoms with Gasteiger partial charge in [0.15, 0.2) is 0 Å². The molecule has 0 aliphatic rings. The molecule has 1 rings (SSSR count). The van der Waals surface area contributed by atoms with Gasteiger partial charge >= 0.3 is 0 Å². The minimum absolute atomic E-state index is 0.144. The number of phenolic OH excluding ortho intramolecular Hbond substituents is 1. The van der Waals surface area contributed by atoms with Gasteiger partial charge in [-0.25, -0.2) is 4.39 Å². The summed E-state index contributed by atoms with van der Waals surface area (Å²) in [5.41, 5.74) is 0.508. The van der Waals surface area contributed by atoms with E-state index in [4.69, 9.17) is 14.2 Å². The first kappa shape index (κ1) is 13.9. The van der Waals surface area contributed by atoms with E-state index >= 15 is 0 Å². The second-order valence-corrected chi connectivity index (χ2v) is 3.63. The number of methoxy groups -OCH3 is 3. The van der Waals surface area contributed by atoms with E-state index < -0.39 is 11.9 Å². The predicted octanol–water partition coefficient (Wildman–Crippen LogP) is 1.88. The van der Waals surface area contributed by atoms with Crippen molar-refractivity contribution in [1.82, 2.24) is 0 Å². The number of phenols is 1. The van der Waals surface area contributed by atoms with Crippen molar-refractivity contribution in [2.45, 2.75) is 12.2 Å². The summed E-state index contributed by atoms with van der Waals surface area (Å²) in [6.07, 6.45) is -0.868. The lowest BCUT2D eigenvalue weighted by Crippen LogP contribution is -2.27. The molecule has 5 heteroatoms. The molecule has 96 valence electrons. The molecule has 0 amide bonds. The first-order chi connectivity index (χ1) is 8.12. The van der Waals surface area contributed by atoms with Gasteiger partial charge < -0.3 is 19.3 Å². The van der Waals surface area contributed by atoms with E-state index in [2.05, 4.69) is 0 Å². The fourth-order valence-electron chi connectivity index (χ4n) is 1.71. The van der Waals surface area contributed by atoms with E-state index in [1.54, 1.807) is 7.11 Å². The molecule has 1 N–H and O–H groups in total. The van der Waals surface area contributed by atoms with Gasteiger partial charge in [0.2, 0.25) is 0 Å². The predicted molar refractivity (Wildman–Crippen MR) is 60.5 cm³/mol. The Balaban J connectivity index is 2.98. The molecule has 0 saturated carbocycles. The standard InChI is InChI=1S/C12H17FO4/c1-15-7-11(16-2)12(17-3)8-4-9(13)6-10(14)5-8/h4-6,11-12,14H,7H2,1-3H3. The molecule has 1 aromatic rings. The average molecular weight is 244 g/mol. The van der Waals surface area contributed by atoms with E-state index in [0.717, 1.165) is 6.07 Å². The van der Waals surface area contributed by atoms with Gasteiger partial charge in [0.05, 0.1) is 6.61 Å². The Morgan fingerprint density at radius 1 is 1.18 bits per heavy atom. The van der Waals surface area contributed by atoms with Crippen molar-refractivity contribution in [3.63, 3.8) is 0 Å². The van der Waals surface area contributed by atoms with Crippen molar-refractivity contribution in [2.24, 2.45) is 0 Å². The zero-order valence-corrected chi connectivity index (χ0v) is 10.1. The third-order valence-electron chi connectivity index (χ3n) is 2.46. The molecular weight excluding hydrogens is 227 g/mol. The topological polar surface area (TPSA) is 47.9 Å². The number of hydrogen-bond donors (Lipinski definition) is 1. The van der Waals surface area contributed by atoms with Crippen molar-refractivity contribution < 1.29 is 23.7 Å². The van der Waals surface area contributed by atoms with Crippen molar-refractivity contribution in [1.29, 1.82) is 0 Å². The summed E-state index contributed by atoms with van der Waals surface area (Å²) >= 11 is 0. The van der Waals surface area contributed by atoms with Crippen molar-refractivity contribution in [3.8, 4) is 5.75 Å². The zero-order valence-electron chi connectivity index (χ0n) is 10.1. The first-order valence-electron chi connectivity index (χ1n) is 5.16. The van der Waals surface area contributed by atoms with Crippen LogP contribution >= 0.6 is 0 Å². The molecule has 0 aromatic heterocycles. The van der Waals surface area contributed by atoms with Gasteiger partial charge in [-0.2, -0.15) is 0 Å². The van der Waals surface area contributed by atoms with Gasteiger partial charge in [-0.3, -0.25) is 0 Å². The number of aromatic hydroxyl groups is 1. The van der Waals surface area contributed by atoms with Crippen LogP contribution in [0.15, 0.2) is 18.2 Å². The molecule has 0 spiro atoms. The van der Waals surface area contributed by atoms with Crippen molar-refractivity contribution in [3.05, 3.63) is 29.6 Å². The van der Waals surface area contributed by atoms with E-state index in [9.17, 15) is 9.50 Å². The maximum absolute atomic E-state index is 13.2. The third-order valence-corrected chi connectivity index (χ3v) is 2.46. The fraction of sp³-hybridized carbons (Fsp3) is 0.500. The van der Waals surface area contributed by atoms with Crippen LogP contribution in [0.5, 0.6) is 5.75 Å². The van der Waals surface area contributed by atoms with Crippen molar-refractivity contribution in [2.75, 3.05) is 27.9 Å². The normalized spacial score (nSPS) is 14.6. The molecule has 17 heavy (non-hydrogen) atoms. The number of rotatable bonds is 6. The maximum Gasteiger partial charge on any atom is 0.127 e. The van der Waals surface area contributed by atoms with Crippen LogP contribution in [-0.2, 0) is 14.2 Å². The summed E-state index contributed by atoms with van der Waals surface area (Å²) in [6.45, 7) is 0.312. The highest BCUT2D eigenvalue weighted by Crippen LogP contribution is 2.26. The molecule has 0 fully saturated rings. The minimum atomic E-state index is -0.519. The Kier molecular flexibility index (Phi) is 5.34. The Bertz CT molecular complexity index is 336. The molecule has 0 radical (unpaired) electrons. The molecule has 0 aliphatic carbocycles. The summed E-state index contributed by atoms with van der Waals surface area (Å²) in [5.74, 6) is -0.663. The molecular formula is C12H17FO4. The Hall–Kier alpha value is -1.17. The number of benzene rings is 1.